The molecule has 5 heteroatoms. The topological polar surface area (TPSA) is 52.3 Å². The fourth-order valence-corrected chi connectivity index (χ4v) is 1.28. The zero-order chi connectivity index (χ0) is 10.6. The molecular weight excluding hydrogens is 209 g/mol. The standard InChI is InChI=1S/C9H9ClFNO2/c10-7-2-1-3-8(11)6(7)4-5-14-9(12)13/h1-3H,4-5H2,(H2,12,13). The summed E-state index contributed by atoms with van der Waals surface area (Å²) in [4.78, 5) is 10.2. The van der Waals surface area contributed by atoms with Crippen LogP contribution in [0.3, 0.4) is 0 Å². The first kappa shape index (κ1) is 10.8. The number of halogens is 2. The van der Waals surface area contributed by atoms with Gasteiger partial charge in [-0.25, -0.2) is 9.18 Å². The van der Waals surface area contributed by atoms with Crippen LogP contribution in [0.25, 0.3) is 0 Å². The third-order valence-electron chi connectivity index (χ3n) is 1.66. The number of ether oxygens (including phenoxy) is 1. The molecule has 2 N–H and O–H groups in total. The van der Waals surface area contributed by atoms with Gasteiger partial charge in [-0.15, -0.1) is 0 Å². The molecule has 14 heavy (non-hydrogen) atoms. The molecule has 0 aliphatic carbocycles. The fraction of sp³-hybridized carbons (Fsp3) is 0.222. The average Bonchev–Trinajstić information content (AvgIpc) is 2.09. The Kier molecular flexibility index (Phi) is 3.71. The minimum Gasteiger partial charge on any atom is -0.449 e. The Bertz CT molecular complexity index is 323. The van der Waals surface area contributed by atoms with Crippen molar-refractivity contribution in [2.75, 3.05) is 6.61 Å². The molecule has 0 atom stereocenters. The van der Waals surface area contributed by atoms with Gasteiger partial charge in [-0.3, -0.25) is 0 Å². The molecular formula is C9H9ClFNO2. The summed E-state index contributed by atoms with van der Waals surface area (Å²) in [6.45, 7) is 0.0238. The van der Waals surface area contributed by atoms with Crippen LogP contribution in [-0.4, -0.2) is 12.7 Å². The molecule has 1 aromatic rings. The molecule has 0 heterocycles. The molecule has 1 aromatic carbocycles. The number of carbonyl (C=O) groups excluding carboxylic acids is 1. The van der Waals surface area contributed by atoms with E-state index in [2.05, 4.69) is 4.74 Å². The van der Waals surface area contributed by atoms with Gasteiger partial charge in [-0.05, 0) is 12.1 Å². The highest BCUT2D eigenvalue weighted by Crippen LogP contribution is 2.19. The summed E-state index contributed by atoms with van der Waals surface area (Å²) in [6, 6.07) is 4.38. The van der Waals surface area contributed by atoms with Gasteiger partial charge in [-0.2, -0.15) is 0 Å². The highest BCUT2D eigenvalue weighted by Gasteiger charge is 2.06. The molecule has 3 nitrogen and oxygen atoms in total. The number of amides is 1. The Morgan fingerprint density at radius 2 is 2.29 bits per heavy atom. The van der Waals surface area contributed by atoms with Crippen LogP contribution in [0.4, 0.5) is 9.18 Å². The van der Waals surface area contributed by atoms with E-state index < -0.39 is 11.9 Å². The second-order valence-corrected chi connectivity index (χ2v) is 3.02. The van der Waals surface area contributed by atoms with E-state index in [1.807, 2.05) is 0 Å². The normalized spacial score (nSPS) is 9.86. The average molecular weight is 218 g/mol. The second-order valence-electron chi connectivity index (χ2n) is 2.62. The lowest BCUT2D eigenvalue weighted by molar-refractivity contribution is 0.158. The number of benzene rings is 1. The maximum Gasteiger partial charge on any atom is 0.404 e. The molecule has 1 amide bonds. The van der Waals surface area contributed by atoms with Crippen molar-refractivity contribution in [1.82, 2.24) is 0 Å². The molecule has 0 aromatic heterocycles. The number of primary amides is 1. The first-order valence-electron chi connectivity index (χ1n) is 3.96. The van der Waals surface area contributed by atoms with Crippen molar-refractivity contribution in [3.63, 3.8) is 0 Å². The zero-order valence-corrected chi connectivity index (χ0v) is 8.05. The van der Waals surface area contributed by atoms with Crippen molar-refractivity contribution in [1.29, 1.82) is 0 Å². The Morgan fingerprint density at radius 1 is 1.57 bits per heavy atom. The molecule has 0 saturated heterocycles. The van der Waals surface area contributed by atoms with Gasteiger partial charge in [0.15, 0.2) is 0 Å². The van der Waals surface area contributed by atoms with Crippen molar-refractivity contribution >= 4 is 17.7 Å². The molecule has 0 radical (unpaired) electrons. The third-order valence-corrected chi connectivity index (χ3v) is 2.01. The quantitative estimate of drug-likeness (QED) is 0.843. The zero-order valence-electron chi connectivity index (χ0n) is 7.30. The van der Waals surface area contributed by atoms with Crippen LogP contribution in [-0.2, 0) is 11.2 Å². The lowest BCUT2D eigenvalue weighted by atomic mass is 10.1. The van der Waals surface area contributed by atoms with Gasteiger partial charge in [0.1, 0.15) is 5.82 Å². The Hall–Kier alpha value is -1.29. The summed E-state index contributed by atoms with van der Waals surface area (Å²) in [7, 11) is 0. The number of hydrogen-bond acceptors (Lipinski definition) is 2. The monoisotopic (exact) mass is 217 g/mol. The molecule has 0 bridgehead atoms. The van der Waals surface area contributed by atoms with Gasteiger partial charge in [0.25, 0.3) is 0 Å². The van der Waals surface area contributed by atoms with Gasteiger partial charge >= 0.3 is 6.09 Å². The van der Waals surface area contributed by atoms with Crippen molar-refractivity contribution in [2.45, 2.75) is 6.42 Å². The van der Waals surface area contributed by atoms with Crippen LogP contribution in [0, 0.1) is 5.82 Å². The molecule has 76 valence electrons. The van der Waals surface area contributed by atoms with Crippen molar-refractivity contribution in [3.05, 3.63) is 34.6 Å². The van der Waals surface area contributed by atoms with Crippen molar-refractivity contribution in [2.24, 2.45) is 5.73 Å². The molecule has 0 spiro atoms. The van der Waals surface area contributed by atoms with Gasteiger partial charge in [0, 0.05) is 17.0 Å². The van der Waals surface area contributed by atoms with Crippen LogP contribution in [0.1, 0.15) is 5.56 Å². The Balaban J connectivity index is 2.62. The van der Waals surface area contributed by atoms with Crippen LogP contribution >= 0.6 is 11.6 Å². The van der Waals surface area contributed by atoms with Crippen molar-refractivity contribution < 1.29 is 13.9 Å². The minimum absolute atomic E-state index is 0.0238. The van der Waals surface area contributed by atoms with E-state index in [0.29, 0.717) is 10.6 Å². The van der Waals surface area contributed by atoms with Crippen LogP contribution in [0.15, 0.2) is 18.2 Å². The second kappa shape index (κ2) is 4.81. The van der Waals surface area contributed by atoms with E-state index in [9.17, 15) is 9.18 Å². The molecule has 1 rings (SSSR count). The Labute approximate surface area is 85.6 Å². The lowest BCUT2D eigenvalue weighted by Gasteiger charge is -2.05. The van der Waals surface area contributed by atoms with E-state index in [4.69, 9.17) is 17.3 Å². The SMILES string of the molecule is NC(=O)OCCc1c(F)cccc1Cl. The van der Waals surface area contributed by atoms with E-state index in [0.717, 1.165) is 0 Å². The van der Waals surface area contributed by atoms with Crippen LogP contribution in [0.2, 0.25) is 5.02 Å². The molecule has 0 aliphatic rings. The number of hydrogen-bond donors (Lipinski definition) is 1. The Morgan fingerprint density at radius 3 is 2.86 bits per heavy atom. The summed E-state index contributed by atoms with van der Waals surface area (Å²) in [5.41, 5.74) is 5.07. The van der Waals surface area contributed by atoms with Gasteiger partial charge in [0.2, 0.25) is 0 Å². The number of nitrogens with two attached hydrogens (primary N) is 1. The summed E-state index contributed by atoms with van der Waals surface area (Å²) < 4.78 is 17.6. The molecule has 0 fully saturated rings. The van der Waals surface area contributed by atoms with E-state index in [1.54, 1.807) is 6.07 Å². The number of carbonyl (C=O) groups is 1. The van der Waals surface area contributed by atoms with Crippen molar-refractivity contribution in [3.8, 4) is 0 Å². The summed E-state index contributed by atoms with van der Waals surface area (Å²) in [6.07, 6.45) is -0.661. The largest absolute Gasteiger partial charge is 0.449 e. The van der Waals surface area contributed by atoms with Gasteiger partial charge in [-0.1, -0.05) is 17.7 Å². The van der Waals surface area contributed by atoms with Crippen LogP contribution in [0.5, 0.6) is 0 Å². The summed E-state index contributed by atoms with van der Waals surface area (Å²) >= 11 is 5.73. The molecule has 0 aliphatic heterocycles. The predicted octanol–water partition coefficient (Wildman–Crippen LogP) is 2.12. The smallest absolute Gasteiger partial charge is 0.404 e. The van der Waals surface area contributed by atoms with E-state index in [1.165, 1.54) is 12.1 Å². The third kappa shape index (κ3) is 2.88. The minimum atomic E-state index is -0.877. The highest BCUT2D eigenvalue weighted by molar-refractivity contribution is 6.31. The number of rotatable bonds is 3. The first-order chi connectivity index (χ1) is 6.61. The summed E-state index contributed by atoms with van der Waals surface area (Å²) in [5.74, 6) is -0.412. The van der Waals surface area contributed by atoms with E-state index >= 15 is 0 Å². The van der Waals surface area contributed by atoms with Gasteiger partial charge in [0.05, 0.1) is 6.61 Å². The fourth-order valence-electron chi connectivity index (χ4n) is 1.02. The molecule has 0 unspecified atom stereocenters. The maximum absolute atomic E-state index is 13.1. The molecule has 0 saturated carbocycles. The highest BCUT2D eigenvalue weighted by atomic mass is 35.5. The van der Waals surface area contributed by atoms with Gasteiger partial charge < -0.3 is 10.5 Å². The predicted molar refractivity (Wildman–Crippen MR) is 50.6 cm³/mol. The maximum atomic E-state index is 13.1. The summed E-state index contributed by atoms with van der Waals surface area (Å²) in [5, 5.41) is 0.318. The first-order valence-corrected chi connectivity index (χ1v) is 4.34. The van der Waals surface area contributed by atoms with E-state index in [-0.39, 0.29) is 13.0 Å². The van der Waals surface area contributed by atoms with Crippen LogP contribution < -0.4 is 5.73 Å². The lowest BCUT2D eigenvalue weighted by Crippen LogP contribution is -2.15.